The zero-order chi connectivity index (χ0) is 16.2. The first-order valence-electron chi connectivity index (χ1n) is 7.85. The zero-order valence-electron chi connectivity index (χ0n) is 13.5. The normalized spacial score (nSPS) is 21.0. The summed E-state index contributed by atoms with van der Waals surface area (Å²) in [4.78, 5) is 21.6. The number of hydrogen-bond donors (Lipinski definition) is 0. The Morgan fingerprint density at radius 3 is 2.74 bits per heavy atom. The Kier molecular flexibility index (Phi) is 5.03. The number of carbonyl (C=O) groups is 1. The molecule has 0 unspecified atom stereocenters. The quantitative estimate of drug-likeness (QED) is 0.795. The Balaban J connectivity index is 1.75. The summed E-state index contributed by atoms with van der Waals surface area (Å²) in [5.41, 5.74) is 0.917. The Bertz CT molecular complexity index is 649. The van der Waals surface area contributed by atoms with E-state index in [9.17, 15) is 4.79 Å². The van der Waals surface area contributed by atoms with Gasteiger partial charge in [-0.15, -0.1) is 0 Å². The number of hydrogen-bond acceptors (Lipinski definition) is 5. The summed E-state index contributed by atoms with van der Waals surface area (Å²) < 4.78 is 5.62. The molecule has 0 radical (unpaired) electrons. The van der Waals surface area contributed by atoms with Gasteiger partial charge in [0.05, 0.1) is 11.5 Å². The van der Waals surface area contributed by atoms with E-state index in [0.717, 1.165) is 42.7 Å². The molecule has 122 valence electrons. The third-order valence-electron chi connectivity index (χ3n) is 3.89. The predicted octanol–water partition coefficient (Wildman–Crippen LogP) is 2.30. The minimum absolute atomic E-state index is 0.157. The van der Waals surface area contributed by atoms with Crippen molar-refractivity contribution in [3.8, 4) is 5.75 Å². The topological polar surface area (TPSA) is 45.1 Å². The van der Waals surface area contributed by atoms with Crippen LogP contribution in [0.25, 0.3) is 6.08 Å². The molecule has 0 spiro atoms. The largest absolute Gasteiger partial charge is 0.493 e. The van der Waals surface area contributed by atoms with E-state index < -0.39 is 0 Å². The number of nitrogens with zero attached hydrogens (tertiary/aromatic N) is 3. The summed E-state index contributed by atoms with van der Waals surface area (Å²) in [6.45, 7) is 6.38. The van der Waals surface area contributed by atoms with E-state index in [1.807, 2.05) is 37.3 Å². The molecule has 2 aliphatic rings. The number of aliphatic imine (C=N–C) groups is 1. The number of para-hydroxylation sites is 1. The second kappa shape index (κ2) is 7.19. The van der Waals surface area contributed by atoms with Gasteiger partial charge in [0, 0.05) is 31.7 Å². The molecule has 1 amide bonds. The zero-order valence-corrected chi connectivity index (χ0v) is 14.3. The van der Waals surface area contributed by atoms with Crippen LogP contribution in [0, 0.1) is 0 Å². The molecule has 0 N–H and O–H groups in total. The number of piperazine rings is 1. The fraction of sp³-hybridized carbons (Fsp3) is 0.412. The van der Waals surface area contributed by atoms with Crippen molar-refractivity contribution >= 4 is 28.9 Å². The van der Waals surface area contributed by atoms with E-state index in [1.54, 1.807) is 0 Å². The molecule has 5 nitrogen and oxygen atoms in total. The molecule has 1 aromatic rings. The van der Waals surface area contributed by atoms with Crippen molar-refractivity contribution in [2.24, 2.45) is 4.99 Å². The second-order valence-electron chi connectivity index (χ2n) is 5.57. The third kappa shape index (κ3) is 3.76. The van der Waals surface area contributed by atoms with Crippen LogP contribution >= 0.6 is 11.8 Å². The van der Waals surface area contributed by atoms with E-state index in [4.69, 9.17) is 4.74 Å². The van der Waals surface area contributed by atoms with Crippen LogP contribution in [-0.2, 0) is 4.79 Å². The van der Waals surface area contributed by atoms with Crippen LogP contribution in [0.15, 0.2) is 34.2 Å². The van der Waals surface area contributed by atoms with E-state index in [-0.39, 0.29) is 5.91 Å². The first-order valence-corrected chi connectivity index (χ1v) is 8.67. The van der Waals surface area contributed by atoms with Crippen LogP contribution in [0.1, 0.15) is 12.5 Å². The smallest absolute Gasteiger partial charge is 0.286 e. The molecule has 0 aromatic heterocycles. The molecule has 23 heavy (non-hydrogen) atoms. The van der Waals surface area contributed by atoms with Crippen molar-refractivity contribution in [2.75, 3.05) is 39.8 Å². The van der Waals surface area contributed by atoms with Crippen molar-refractivity contribution in [3.05, 3.63) is 34.7 Å². The van der Waals surface area contributed by atoms with Gasteiger partial charge >= 0.3 is 0 Å². The van der Waals surface area contributed by atoms with Crippen molar-refractivity contribution in [2.45, 2.75) is 6.92 Å². The summed E-state index contributed by atoms with van der Waals surface area (Å²) in [6.07, 6.45) is 1.88. The lowest BCUT2D eigenvalue weighted by molar-refractivity contribution is -0.113. The SMILES string of the molecule is CCOc1ccccc1/C=C1\SC(N2CCN(C)CC2)=NC1=O. The lowest BCUT2D eigenvalue weighted by atomic mass is 10.2. The fourth-order valence-electron chi connectivity index (χ4n) is 2.56. The average molecular weight is 331 g/mol. The second-order valence-corrected chi connectivity index (χ2v) is 6.58. The highest BCUT2D eigenvalue weighted by Crippen LogP contribution is 2.32. The molecular formula is C17H21N3O2S. The molecule has 2 heterocycles. The number of thioether (sulfide) groups is 1. The van der Waals surface area contributed by atoms with Gasteiger partial charge in [-0.05, 0) is 37.9 Å². The van der Waals surface area contributed by atoms with Crippen molar-refractivity contribution in [1.29, 1.82) is 0 Å². The maximum atomic E-state index is 12.2. The summed E-state index contributed by atoms with van der Waals surface area (Å²) in [6, 6.07) is 7.76. The van der Waals surface area contributed by atoms with Gasteiger partial charge in [-0.2, -0.15) is 4.99 Å². The molecule has 0 bridgehead atoms. The highest BCUT2D eigenvalue weighted by atomic mass is 32.2. The van der Waals surface area contributed by atoms with Gasteiger partial charge < -0.3 is 14.5 Å². The summed E-state index contributed by atoms with van der Waals surface area (Å²) in [5.74, 6) is 0.638. The Morgan fingerprint density at radius 1 is 1.26 bits per heavy atom. The minimum Gasteiger partial charge on any atom is -0.493 e. The molecule has 0 saturated carbocycles. The van der Waals surface area contributed by atoms with Gasteiger partial charge in [-0.25, -0.2) is 0 Å². The number of amidine groups is 1. The van der Waals surface area contributed by atoms with Gasteiger partial charge in [0.2, 0.25) is 0 Å². The van der Waals surface area contributed by atoms with E-state index in [0.29, 0.717) is 11.5 Å². The molecule has 3 rings (SSSR count). The third-order valence-corrected chi connectivity index (χ3v) is 4.93. The number of benzene rings is 1. The minimum atomic E-state index is -0.157. The van der Waals surface area contributed by atoms with Crippen LogP contribution in [0.2, 0.25) is 0 Å². The molecule has 1 saturated heterocycles. The highest BCUT2D eigenvalue weighted by molar-refractivity contribution is 8.18. The van der Waals surface area contributed by atoms with Gasteiger partial charge in [-0.3, -0.25) is 4.79 Å². The lowest BCUT2D eigenvalue weighted by Gasteiger charge is -2.32. The van der Waals surface area contributed by atoms with Gasteiger partial charge in [0.15, 0.2) is 5.17 Å². The first kappa shape index (κ1) is 16.1. The van der Waals surface area contributed by atoms with Crippen LogP contribution < -0.4 is 4.74 Å². The van der Waals surface area contributed by atoms with Crippen LogP contribution in [0.4, 0.5) is 0 Å². The van der Waals surface area contributed by atoms with Gasteiger partial charge in [0.25, 0.3) is 5.91 Å². The van der Waals surface area contributed by atoms with E-state index in [2.05, 4.69) is 21.8 Å². The molecular weight excluding hydrogens is 310 g/mol. The number of carbonyl (C=O) groups excluding carboxylic acids is 1. The average Bonchev–Trinajstić information content (AvgIpc) is 2.91. The lowest BCUT2D eigenvalue weighted by Crippen LogP contribution is -2.46. The maximum absolute atomic E-state index is 12.2. The van der Waals surface area contributed by atoms with Gasteiger partial charge in [0.1, 0.15) is 5.75 Å². The first-order chi connectivity index (χ1) is 11.2. The van der Waals surface area contributed by atoms with Crippen LogP contribution in [-0.4, -0.2) is 60.7 Å². The number of rotatable bonds is 3. The summed E-state index contributed by atoms with van der Waals surface area (Å²) >= 11 is 1.46. The Labute approximate surface area is 141 Å². The maximum Gasteiger partial charge on any atom is 0.286 e. The van der Waals surface area contributed by atoms with E-state index in [1.165, 1.54) is 11.8 Å². The van der Waals surface area contributed by atoms with Crippen molar-refractivity contribution in [3.63, 3.8) is 0 Å². The fourth-order valence-corrected chi connectivity index (χ4v) is 3.51. The number of ether oxygens (including phenoxy) is 1. The Hall–Kier alpha value is -1.79. The number of likely N-dealkylation sites (N-methyl/N-ethyl adjacent to an activating group) is 1. The summed E-state index contributed by atoms with van der Waals surface area (Å²) in [7, 11) is 2.11. The Morgan fingerprint density at radius 2 is 2.00 bits per heavy atom. The highest BCUT2D eigenvalue weighted by Gasteiger charge is 2.27. The van der Waals surface area contributed by atoms with Crippen LogP contribution in [0.3, 0.4) is 0 Å². The molecule has 1 aromatic carbocycles. The monoisotopic (exact) mass is 331 g/mol. The van der Waals surface area contributed by atoms with Crippen LogP contribution in [0.5, 0.6) is 5.75 Å². The van der Waals surface area contributed by atoms with Gasteiger partial charge in [-0.1, -0.05) is 18.2 Å². The molecule has 1 fully saturated rings. The molecule has 0 atom stereocenters. The molecule has 2 aliphatic heterocycles. The molecule has 6 heteroatoms. The standard InChI is InChI=1S/C17H21N3O2S/c1-3-22-14-7-5-4-6-13(14)12-15-16(21)18-17(23-15)20-10-8-19(2)9-11-20/h4-7,12H,3,8-11H2,1-2H3/b15-12-. The number of amides is 1. The van der Waals surface area contributed by atoms with E-state index >= 15 is 0 Å². The molecule has 0 aliphatic carbocycles. The van der Waals surface area contributed by atoms with Crippen molar-refractivity contribution < 1.29 is 9.53 Å². The summed E-state index contributed by atoms with van der Waals surface area (Å²) in [5, 5.41) is 0.822. The van der Waals surface area contributed by atoms with Crippen molar-refractivity contribution in [1.82, 2.24) is 9.80 Å². The predicted molar refractivity (Wildman–Crippen MR) is 94.7 cm³/mol.